The molecule has 156 valence electrons. The van der Waals surface area contributed by atoms with Gasteiger partial charge in [-0.3, -0.25) is 9.69 Å². The Morgan fingerprint density at radius 1 is 1.30 bits per heavy atom. The summed E-state index contributed by atoms with van der Waals surface area (Å²) in [7, 11) is 1.61. The summed E-state index contributed by atoms with van der Waals surface area (Å²) >= 11 is 4.90. The van der Waals surface area contributed by atoms with Crippen LogP contribution in [0.3, 0.4) is 0 Å². The lowest BCUT2D eigenvalue weighted by molar-refractivity contribution is -0.131. The Morgan fingerprint density at radius 2 is 2.07 bits per heavy atom. The number of rotatable bonds is 5. The van der Waals surface area contributed by atoms with Crippen molar-refractivity contribution in [1.82, 2.24) is 15.2 Å². The van der Waals surface area contributed by atoms with Crippen molar-refractivity contribution in [2.75, 3.05) is 7.11 Å². The van der Waals surface area contributed by atoms with Gasteiger partial charge in [0.1, 0.15) is 27.8 Å². The number of urea groups is 1. The molecule has 3 amide bonds. The van der Waals surface area contributed by atoms with Gasteiger partial charge in [-0.1, -0.05) is 15.9 Å². The van der Waals surface area contributed by atoms with Crippen molar-refractivity contribution in [2.45, 2.75) is 32.9 Å². The molecule has 1 N–H and O–H groups in total. The van der Waals surface area contributed by atoms with Gasteiger partial charge in [0.05, 0.1) is 24.9 Å². The highest BCUT2D eigenvalue weighted by Gasteiger charge is 2.50. The Labute approximate surface area is 186 Å². The number of aryl methyl sites for hydroxylation is 2. The van der Waals surface area contributed by atoms with Gasteiger partial charge >= 0.3 is 6.03 Å². The number of amides is 3. The molecule has 1 atom stereocenters. The van der Waals surface area contributed by atoms with Crippen LogP contribution in [0.1, 0.15) is 29.7 Å². The average Bonchev–Trinajstić information content (AvgIpc) is 3.36. The molecule has 0 spiro atoms. The number of carbonyl (C=O) groups is 2. The number of methoxy groups -OCH3 is 1. The molecule has 3 heterocycles. The largest absolute Gasteiger partial charge is 0.496 e. The van der Waals surface area contributed by atoms with Gasteiger partial charge in [-0.05, 0) is 45.0 Å². The van der Waals surface area contributed by atoms with Gasteiger partial charge in [0, 0.05) is 15.4 Å². The average molecular weight is 490 g/mol. The summed E-state index contributed by atoms with van der Waals surface area (Å²) in [4.78, 5) is 31.6. The molecule has 1 fully saturated rings. The molecule has 1 aliphatic heterocycles. The highest BCUT2D eigenvalue weighted by molar-refractivity contribution is 9.10. The number of hydrogen-bond donors (Lipinski definition) is 1. The second-order valence-electron chi connectivity index (χ2n) is 7.26. The summed E-state index contributed by atoms with van der Waals surface area (Å²) in [6.45, 7) is 5.38. The van der Waals surface area contributed by atoms with E-state index in [4.69, 9.17) is 9.15 Å². The molecule has 0 aliphatic carbocycles. The molecule has 9 heteroatoms. The van der Waals surface area contributed by atoms with Crippen LogP contribution in [0.2, 0.25) is 0 Å². The zero-order chi connectivity index (χ0) is 21.6. The van der Waals surface area contributed by atoms with Gasteiger partial charge < -0.3 is 14.5 Å². The third kappa shape index (κ3) is 3.41. The lowest BCUT2D eigenvalue weighted by Crippen LogP contribution is -2.41. The number of hydrogen-bond acceptors (Lipinski definition) is 6. The first kappa shape index (κ1) is 20.6. The van der Waals surface area contributed by atoms with Crippen LogP contribution in [0.25, 0.3) is 10.6 Å². The Hall–Kier alpha value is -2.65. The second kappa shape index (κ2) is 7.55. The zero-order valence-electron chi connectivity index (χ0n) is 16.9. The summed E-state index contributed by atoms with van der Waals surface area (Å²) < 4.78 is 11.9. The highest BCUT2D eigenvalue weighted by Crippen LogP contribution is 2.36. The maximum absolute atomic E-state index is 13.2. The van der Waals surface area contributed by atoms with Crippen molar-refractivity contribution < 1.29 is 18.7 Å². The second-order valence-corrected chi connectivity index (χ2v) is 9.04. The monoisotopic (exact) mass is 489 g/mol. The van der Waals surface area contributed by atoms with Gasteiger partial charge in [0.25, 0.3) is 5.91 Å². The number of ether oxygens (including phenoxy) is 1. The molecule has 0 bridgehead atoms. The molecule has 1 aromatic carbocycles. The number of benzene rings is 1. The van der Waals surface area contributed by atoms with Gasteiger partial charge in [0.2, 0.25) is 0 Å². The van der Waals surface area contributed by atoms with Crippen LogP contribution in [0.4, 0.5) is 4.79 Å². The van der Waals surface area contributed by atoms with E-state index in [1.165, 1.54) is 16.2 Å². The Bertz CT molecular complexity index is 1160. The van der Waals surface area contributed by atoms with Gasteiger partial charge in [-0.2, -0.15) is 0 Å². The van der Waals surface area contributed by atoms with Gasteiger partial charge in [0.15, 0.2) is 0 Å². The summed E-state index contributed by atoms with van der Waals surface area (Å²) in [5, 5.41) is 5.41. The van der Waals surface area contributed by atoms with E-state index in [2.05, 4.69) is 26.2 Å². The minimum Gasteiger partial charge on any atom is -0.496 e. The molecule has 7 nitrogen and oxygen atoms in total. The van der Waals surface area contributed by atoms with Crippen LogP contribution < -0.4 is 10.1 Å². The highest BCUT2D eigenvalue weighted by atomic mass is 79.9. The zero-order valence-corrected chi connectivity index (χ0v) is 19.3. The maximum atomic E-state index is 13.2. The lowest BCUT2D eigenvalue weighted by Gasteiger charge is -2.21. The first-order valence-electron chi connectivity index (χ1n) is 9.23. The fraction of sp³-hybridized carbons (Fsp3) is 0.286. The van der Waals surface area contributed by atoms with Crippen LogP contribution in [0, 0.1) is 13.8 Å². The standard InChI is InChI=1S/C21H20BrN3O4S/c1-11-7-16(12(2)29-11)21(3)19(26)25(20(27)24-21)9-14-10-30-18(23-14)15-8-13(22)5-6-17(15)28-4/h5-8,10H,9H2,1-4H3,(H,24,27). The molecule has 4 rings (SSSR count). The Kier molecular flexibility index (Phi) is 5.19. The van der Waals surface area contributed by atoms with Crippen molar-refractivity contribution in [3.05, 3.63) is 56.9 Å². The fourth-order valence-electron chi connectivity index (χ4n) is 3.66. The predicted molar refractivity (Wildman–Crippen MR) is 116 cm³/mol. The number of imide groups is 1. The van der Waals surface area contributed by atoms with Gasteiger partial charge in [-0.25, -0.2) is 9.78 Å². The van der Waals surface area contributed by atoms with E-state index in [1.807, 2.05) is 30.5 Å². The first-order chi connectivity index (χ1) is 14.2. The molecule has 30 heavy (non-hydrogen) atoms. The molecular formula is C21H20BrN3O4S. The Balaban J connectivity index is 1.60. The van der Waals surface area contributed by atoms with E-state index in [-0.39, 0.29) is 12.5 Å². The summed E-state index contributed by atoms with van der Waals surface area (Å²) in [6.07, 6.45) is 0. The summed E-state index contributed by atoms with van der Waals surface area (Å²) in [5.41, 5.74) is 0.976. The SMILES string of the molecule is COc1ccc(Br)cc1-c1nc(CN2C(=O)NC(C)(c3cc(C)oc3C)C2=O)cs1. The molecule has 2 aromatic heterocycles. The van der Waals surface area contributed by atoms with E-state index in [9.17, 15) is 9.59 Å². The molecule has 3 aromatic rings. The summed E-state index contributed by atoms with van der Waals surface area (Å²) in [5.74, 6) is 1.68. The summed E-state index contributed by atoms with van der Waals surface area (Å²) in [6, 6.07) is 7.02. The Morgan fingerprint density at radius 3 is 2.73 bits per heavy atom. The molecule has 0 saturated carbocycles. The van der Waals surface area contributed by atoms with Crippen LogP contribution in [0.15, 0.2) is 38.5 Å². The van der Waals surface area contributed by atoms with E-state index in [1.54, 1.807) is 27.0 Å². The minimum atomic E-state index is -1.16. The maximum Gasteiger partial charge on any atom is 0.325 e. The first-order valence-corrected chi connectivity index (χ1v) is 10.9. The number of carbonyl (C=O) groups excluding carboxylic acids is 2. The van der Waals surface area contributed by atoms with E-state index in [0.717, 1.165) is 15.0 Å². The predicted octanol–water partition coefficient (Wildman–Crippen LogP) is 4.76. The van der Waals surface area contributed by atoms with Crippen LogP contribution in [0.5, 0.6) is 5.75 Å². The third-order valence-electron chi connectivity index (χ3n) is 5.12. The molecule has 1 aliphatic rings. The number of furan rings is 1. The smallest absolute Gasteiger partial charge is 0.325 e. The molecule has 0 radical (unpaired) electrons. The van der Waals surface area contributed by atoms with Crippen LogP contribution >= 0.6 is 27.3 Å². The number of nitrogens with zero attached hydrogens (tertiary/aromatic N) is 2. The fourth-order valence-corrected chi connectivity index (χ4v) is 4.86. The van der Waals surface area contributed by atoms with E-state index < -0.39 is 11.6 Å². The van der Waals surface area contributed by atoms with E-state index in [0.29, 0.717) is 28.5 Å². The van der Waals surface area contributed by atoms with Crippen LogP contribution in [-0.4, -0.2) is 28.9 Å². The van der Waals surface area contributed by atoms with Crippen molar-refractivity contribution >= 4 is 39.2 Å². The number of thiazole rings is 1. The number of aromatic nitrogens is 1. The van der Waals surface area contributed by atoms with Crippen molar-refractivity contribution in [1.29, 1.82) is 0 Å². The lowest BCUT2D eigenvalue weighted by atomic mass is 9.92. The normalized spacial score (nSPS) is 18.8. The molecular weight excluding hydrogens is 470 g/mol. The van der Waals surface area contributed by atoms with Crippen molar-refractivity contribution in [3.8, 4) is 16.3 Å². The quantitative estimate of drug-likeness (QED) is 0.522. The van der Waals surface area contributed by atoms with E-state index >= 15 is 0 Å². The molecule has 1 unspecified atom stereocenters. The van der Waals surface area contributed by atoms with Crippen molar-refractivity contribution in [3.63, 3.8) is 0 Å². The molecule has 1 saturated heterocycles. The van der Waals surface area contributed by atoms with Gasteiger partial charge in [-0.15, -0.1) is 11.3 Å². The topological polar surface area (TPSA) is 84.7 Å². The minimum absolute atomic E-state index is 0.0863. The number of halogens is 1. The van der Waals surface area contributed by atoms with Crippen molar-refractivity contribution in [2.24, 2.45) is 0 Å². The van der Waals surface area contributed by atoms with Crippen LogP contribution in [-0.2, 0) is 16.9 Å². The third-order valence-corrected chi connectivity index (χ3v) is 6.54. The number of nitrogens with one attached hydrogen (secondary N) is 1.